The predicted molar refractivity (Wildman–Crippen MR) is 112 cm³/mol. The number of fused-ring (bicyclic) bond motifs is 4. The van der Waals surface area contributed by atoms with Gasteiger partial charge in [0, 0.05) is 11.6 Å². The van der Waals surface area contributed by atoms with E-state index in [0.29, 0.717) is 5.92 Å². The van der Waals surface area contributed by atoms with Gasteiger partial charge in [0.1, 0.15) is 11.4 Å². The number of benzene rings is 1. The molecule has 27 heavy (non-hydrogen) atoms. The molecule has 1 aromatic carbocycles. The van der Waals surface area contributed by atoms with E-state index in [4.69, 9.17) is 4.74 Å². The molecule has 1 N–H and O–H groups in total. The zero-order valence-electron chi connectivity index (χ0n) is 17.0. The van der Waals surface area contributed by atoms with E-state index in [9.17, 15) is 4.79 Å². The molecule has 4 nitrogen and oxygen atoms in total. The summed E-state index contributed by atoms with van der Waals surface area (Å²) in [6, 6.07) is 8.24. The van der Waals surface area contributed by atoms with Crippen LogP contribution in [0.3, 0.4) is 0 Å². The first-order valence-corrected chi connectivity index (χ1v) is 10.7. The maximum Gasteiger partial charge on any atom is 0.261 e. The second kappa shape index (κ2) is 6.49. The lowest BCUT2D eigenvalue weighted by Crippen LogP contribution is -2.69. The second-order valence-electron chi connectivity index (χ2n) is 9.43. The molecular weight excluding hydrogens is 356 g/mol. The molecule has 5 rings (SSSR count). The van der Waals surface area contributed by atoms with E-state index in [0.717, 1.165) is 33.8 Å². The monoisotopic (exact) mass is 386 g/mol. The van der Waals surface area contributed by atoms with Crippen molar-refractivity contribution in [3.63, 3.8) is 0 Å². The van der Waals surface area contributed by atoms with Crippen molar-refractivity contribution < 1.29 is 9.53 Å². The number of nitrogens with one attached hydrogen (secondary N) is 1. The van der Waals surface area contributed by atoms with Crippen LogP contribution in [0.5, 0.6) is 5.75 Å². The van der Waals surface area contributed by atoms with Crippen LogP contribution in [0.4, 0.5) is 0 Å². The molecule has 1 aromatic heterocycles. The Labute approximate surface area is 165 Å². The minimum atomic E-state index is -0.263. The Morgan fingerprint density at radius 2 is 1.96 bits per heavy atom. The Kier molecular flexibility index (Phi) is 4.51. The summed E-state index contributed by atoms with van der Waals surface area (Å²) in [6.45, 7) is 13.0. The van der Waals surface area contributed by atoms with E-state index in [2.05, 4.69) is 30.1 Å². The summed E-state index contributed by atoms with van der Waals surface area (Å²) in [5.41, 5.74) is -0.242. The van der Waals surface area contributed by atoms with Gasteiger partial charge in [-0.15, -0.1) is 11.3 Å². The zero-order chi connectivity index (χ0) is 19.4. The lowest BCUT2D eigenvalue weighted by Gasteiger charge is -2.56. The highest BCUT2D eigenvalue weighted by atomic mass is 32.1. The topological polar surface area (TPSA) is 41.6 Å². The van der Waals surface area contributed by atoms with Crippen LogP contribution >= 0.6 is 11.3 Å². The van der Waals surface area contributed by atoms with Gasteiger partial charge in [-0.05, 0) is 84.0 Å². The van der Waals surface area contributed by atoms with Crippen molar-refractivity contribution in [2.75, 3.05) is 13.1 Å². The highest BCUT2D eigenvalue weighted by Crippen LogP contribution is 2.40. The Morgan fingerprint density at radius 3 is 2.59 bits per heavy atom. The fourth-order valence-electron chi connectivity index (χ4n) is 4.65. The summed E-state index contributed by atoms with van der Waals surface area (Å²) in [4.78, 5) is 16.4. The number of piperidine rings is 3. The number of hydrogen-bond acceptors (Lipinski definition) is 4. The third-order valence-electron chi connectivity index (χ3n) is 6.02. The van der Waals surface area contributed by atoms with Crippen LogP contribution < -0.4 is 10.1 Å². The van der Waals surface area contributed by atoms with Crippen LogP contribution in [0, 0.1) is 5.92 Å². The van der Waals surface area contributed by atoms with E-state index in [1.807, 2.05) is 39.0 Å². The van der Waals surface area contributed by atoms with Gasteiger partial charge in [-0.25, -0.2) is 0 Å². The Balaban J connectivity index is 1.59. The van der Waals surface area contributed by atoms with E-state index in [1.165, 1.54) is 24.2 Å². The summed E-state index contributed by atoms with van der Waals surface area (Å²) < 4.78 is 7.15. The molecule has 1 atom stereocenters. The largest absolute Gasteiger partial charge is 0.487 e. The first-order valence-electron chi connectivity index (χ1n) is 9.93. The maximum atomic E-state index is 13.1. The van der Waals surface area contributed by atoms with Gasteiger partial charge in [0.15, 0.2) is 0 Å². The van der Waals surface area contributed by atoms with Crippen LogP contribution in [0.15, 0.2) is 24.3 Å². The maximum absolute atomic E-state index is 13.1. The number of amides is 1. The average Bonchev–Trinajstić information content (AvgIpc) is 3.02. The number of hydrogen-bond donors (Lipinski definition) is 1. The van der Waals surface area contributed by atoms with Gasteiger partial charge >= 0.3 is 0 Å². The molecule has 0 radical (unpaired) electrons. The molecule has 0 aliphatic carbocycles. The Hall–Kier alpha value is -1.59. The standard InChI is InChI=1S/C22H30N2O2S/c1-21(2,3)26-16-8-6-7-15-13-17(27-18(15)16)20(25)23-19-14-9-11-24(12-10-14)22(19,4)5/h6-8,13-14,19H,9-12H2,1-5H3,(H,23,25)/t19-/m1/s1. The molecule has 4 heterocycles. The molecule has 0 saturated carbocycles. The second-order valence-corrected chi connectivity index (χ2v) is 10.5. The molecule has 3 fully saturated rings. The Morgan fingerprint density at radius 1 is 1.26 bits per heavy atom. The summed E-state index contributed by atoms with van der Waals surface area (Å²) in [6.07, 6.45) is 2.37. The van der Waals surface area contributed by atoms with Crippen LogP contribution in [0.2, 0.25) is 0 Å². The number of nitrogens with zero attached hydrogens (tertiary/aromatic N) is 1. The van der Waals surface area contributed by atoms with Crippen molar-refractivity contribution in [3.8, 4) is 5.75 Å². The first-order chi connectivity index (χ1) is 12.6. The molecule has 2 bridgehead atoms. The van der Waals surface area contributed by atoms with Gasteiger partial charge in [-0.1, -0.05) is 12.1 Å². The van der Waals surface area contributed by atoms with Crippen LogP contribution in [0.25, 0.3) is 10.1 Å². The van der Waals surface area contributed by atoms with Gasteiger partial charge in [0.05, 0.1) is 9.58 Å². The Bertz CT molecular complexity index is 857. The lowest BCUT2D eigenvalue weighted by molar-refractivity contribution is -0.0377. The van der Waals surface area contributed by atoms with E-state index in [-0.39, 0.29) is 23.1 Å². The number of carbonyl (C=O) groups excluding carboxylic acids is 1. The van der Waals surface area contributed by atoms with Crippen molar-refractivity contribution in [2.24, 2.45) is 5.92 Å². The number of thiophene rings is 1. The molecule has 0 unspecified atom stereocenters. The summed E-state index contributed by atoms with van der Waals surface area (Å²) in [5.74, 6) is 1.49. The van der Waals surface area contributed by atoms with Crippen molar-refractivity contribution >= 4 is 27.3 Å². The molecule has 146 valence electrons. The summed E-state index contributed by atoms with van der Waals surface area (Å²) in [5, 5.41) is 4.44. The third kappa shape index (κ3) is 3.47. The number of carbonyl (C=O) groups is 1. The van der Waals surface area contributed by atoms with Gasteiger partial charge < -0.3 is 10.1 Å². The molecule has 3 aliphatic heterocycles. The smallest absolute Gasteiger partial charge is 0.261 e. The average molecular weight is 387 g/mol. The minimum absolute atomic E-state index is 0.0218. The molecule has 1 amide bonds. The highest BCUT2D eigenvalue weighted by Gasteiger charge is 2.48. The van der Waals surface area contributed by atoms with Crippen molar-refractivity contribution in [1.82, 2.24) is 10.2 Å². The molecule has 3 aliphatic rings. The van der Waals surface area contributed by atoms with E-state index >= 15 is 0 Å². The fourth-order valence-corrected chi connectivity index (χ4v) is 5.66. The normalized spacial score (nSPS) is 26.9. The minimum Gasteiger partial charge on any atom is -0.487 e. The summed E-state index contributed by atoms with van der Waals surface area (Å²) in [7, 11) is 0. The quantitative estimate of drug-likeness (QED) is 0.833. The highest BCUT2D eigenvalue weighted by molar-refractivity contribution is 7.21. The number of rotatable bonds is 3. The van der Waals surface area contributed by atoms with Crippen molar-refractivity contribution in [3.05, 3.63) is 29.1 Å². The van der Waals surface area contributed by atoms with Crippen LogP contribution in [-0.4, -0.2) is 41.1 Å². The van der Waals surface area contributed by atoms with Crippen LogP contribution in [-0.2, 0) is 0 Å². The predicted octanol–water partition coefficient (Wildman–Crippen LogP) is 4.68. The van der Waals surface area contributed by atoms with Crippen molar-refractivity contribution in [2.45, 2.75) is 64.6 Å². The third-order valence-corrected chi connectivity index (χ3v) is 7.19. The molecule has 5 heteroatoms. The van der Waals surface area contributed by atoms with Gasteiger partial charge in [-0.2, -0.15) is 0 Å². The van der Waals surface area contributed by atoms with Crippen LogP contribution in [0.1, 0.15) is 57.1 Å². The summed E-state index contributed by atoms with van der Waals surface area (Å²) >= 11 is 1.53. The van der Waals surface area contributed by atoms with Gasteiger partial charge in [0.25, 0.3) is 5.91 Å². The zero-order valence-corrected chi connectivity index (χ0v) is 17.8. The molecule has 0 spiro atoms. The lowest BCUT2D eigenvalue weighted by atomic mass is 9.72. The molecule has 3 saturated heterocycles. The fraction of sp³-hybridized carbons (Fsp3) is 0.591. The first kappa shape index (κ1) is 18.8. The van der Waals surface area contributed by atoms with Gasteiger partial charge in [0.2, 0.25) is 0 Å². The number of ether oxygens (including phenoxy) is 1. The van der Waals surface area contributed by atoms with Crippen molar-refractivity contribution in [1.29, 1.82) is 0 Å². The van der Waals surface area contributed by atoms with Gasteiger partial charge in [-0.3, -0.25) is 9.69 Å². The van der Waals surface area contributed by atoms with E-state index < -0.39 is 0 Å². The SMILES string of the molecule is CC(C)(C)Oc1cccc2cc(C(=O)N[C@@H]3C4CCN(CC4)C3(C)C)sc12. The molecule has 2 aromatic rings. The van der Waals surface area contributed by atoms with E-state index in [1.54, 1.807) is 0 Å². The molecular formula is C22H30N2O2S.